The zero-order chi connectivity index (χ0) is 17.1. The Balaban J connectivity index is 1.56. The van der Waals surface area contributed by atoms with Crippen molar-refractivity contribution < 1.29 is 18.4 Å². The first-order valence-corrected chi connectivity index (χ1v) is 9.06. The molecule has 1 N–H and O–H groups in total. The average molecular weight is 354 g/mol. The summed E-state index contributed by atoms with van der Waals surface area (Å²) in [4.78, 5) is 26.8. The minimum Gasteiger partial charge on any atom is -0.339 e. The third-order valence-electron chi connectivity index (χ3n) is 4.64. The summed E-state index contributed by atoms with van der Waals surface area (Å²) >= 11 is 0.469. The van der Waals surface area contributed by atoms with Crippen molar-refractivity contribution in [3.8, 4) is 0 Å². The molecule has 2 fully saturated rings. The molecule has 1 saturated carbocycles. The molecule has 1 heterocycles. The number of benzene rings is 1. The van der Waals surface area contributed by atoms with Crippen molar-refractivity contribution >= 4 is 29.3 Å². The number of anilines is 1. The molecule has 130 valence electrons. The maximum absolute atomic E-state index is 12.4. The maximum Gasteiger partial charge on any atom is 0.288 e. The predicted molar refractivity (Wildman–Crippen MR) is 89.0 cm³/mol. The van der Waals surface area contributed by atoms with E-state index in [0.717, 1.165) is 25.7 Å². The van der Waals surface area contributed by atoms with Gasteiger partial charge in [0.2, 0.25) is 11.8 Å². The number of halogens is 2. The Bertz CT molecular complexity index is 603. The quantitative estimate of drug-likeness (QED) is 0.820. The Hall–Kier alpha value is -1.63. The average Bonchev–Trinajstić information content (AvgIpc) is 3.17. The molecule has 0 spiro atoms. The fraction of sp³-hybridized carbons (Fsp3) is 0.529. The van der Waals surface area contributed by atoms with Crippen LogP contribution in [-0.2, 0) is 9.59 Å². The van der Waals surface area contributed by atoms with E-state index in [0.29, 0.717) is 34.9 Å². The lowest BCUT2D eigenvalue weighted by Gasteiger charge is -2.23. The van der Waals surface area contributed by atoms with E-state index < -0.39 is 5.76 Å². The number of nitrogens with one attached hydrogen (secondary N) is 1. The number of carbonyl (C=O) groups is 2. The van der Waals surface area contributed by atoms with Gasteiger partial charge in [0.25, 0.3) is 5.76 Å². The summed E-state index contributed by atoms with van der Waals surface area (Å²) in [6.07, 6.45) is 4.61. The highest BCUT2D eigenvalue weighted by atomic mass is 32.2. The monoisotopic (exact) mass is 354 g/mol. The second kappa shape index (κ2) is 7.51. The Morgan fingerprint density at radius 1 is 1.21 bits per heavy atom. The summed E-state index contributed by atoms with van der Waals surface area (Å²) in [5.74, 6) is -2.92. The van der Waals surface area contributed by atoms with Crippen LogP contribution in [-0.4, -0.2) is 35.1 Å². The van der Waals surface area contributed by atoms with Crippen LogP contribution in [0.25, 0.3) is 0 Å². The summed E-state index contributed by atoms with van der Waals surface area (Å²) in [5, 5.41) is 2.78. The number of amides is 2. The van der Waals surface area contributed by atoms with Crippen LogP contribution >= 0.6 is 11.8 Å². The maximum atomic E-state index is 12.4. The second-order valence-electron chi connectivity index (χ2n) is 6.28. The van der Waals surface area contributed by atoms with Gasteiger partial charge in [0.05, 0.1) is 5.92 Å². The van der Waals surface area contributed by atoms with Gasteiger partial charge in [-0.05, 0) is 37.1 Å². The van der Waals surface area contributed by atoms with E-state index in [1.54, 1.807) is 24.3 Å². The van der Waals surface area contributed by atoms with Gasteiger partial charge in [0, 0.05) is 29.6 Å². The smallest absolute Gasteiger partial charge is 0.288 e. The number of hydrogen-bond acceptors (Lipinski definition) is 3. The highest BCUT2D eigenvalue weighted by Crippen LogP contribution is 2.30. The lowest BCUT2D eigenvalue weighted by atomic mass is 10.1. The molecule has 1 aromatic rings. The van der Waals surface area contributed by atoms with Gasteiger partial charge < -0.3 is 10.2 Å². The fourth-order valence-corrected chi connectivity index (χ4v) is 3.94. The minimum atomic E-state index is -2.46. The van der Waals surface area contributed by atoms with Crippen molar-refractivity contribution in [2.75, 3.05) is 11.9 Å². The number of alkyl halides is 2. The standard InChI is InChI=1S/C17H20F2N2O2S/c18-17(19)24-14-7-5-12(6-8-14)20-16(23)11-9-15(22)21(10-11)13-3-1-2-4-13/h5-8,11,13,17H,1-4,9-10H2,(H,20,23)/t11-/m1/s1. The lowest BCUT2D eigenvalue weighted by Crippen LogP contribution is -2.35. The van der Waals surface area contributed by atoms with Crippen LogP contribution < -0.4 is 5.32 Å². The minimum absolute atomic E-state index is 0.0609. The number of likely N-dealkylation sites (tertiary alicyclic amines) is 1. The Labute approximate surface area is 144 Å². The molecular weight excluding hydrogens is 334 g/mol. The van der Waals surface area contributed by atoms with Crippen LogP contribution in [0.15, 0.2) is 29.2 Å². The first kappa shape index (κ1) is 17.2. The largest absolute Gasteiger partial charge is 0.339 e. The first-order chi connectivity index (χ1) is 11.5. The summed E-state index contributed by atoms with van der Waals surface area (Å²) in [6.45, 7) is 0.481. The number of carbonyl (C=O) groups excluding carboxylic acids is 2. The molecule has 1 aliphatic carbocycles. The molecular formula is C17H20F2N2O2S. The molecule has 4 nitrogen and oxygen atoms in total. The SMILES string of the molecule is O=C(Nc1ccc(SC(F)F)cc1)[C@@H]1CC(=O)N(C2CCCC2)C1. The van der Waals surface area contributed by atoms with E-state index >= 15 is 0 Å². The summed E-state index contributed by atoms with van der Waals surface area (Å²) in [6, 6.07) is 6.61. The highest BCUT2D eigenvalue weighted by molar-refractivity contribution is 7.99. The van der Waals surface area contributed by atoms with Crippen molar-refractivity contribution in [1.29, 1.82) is 0 Å². The van der Waals surface area contributed by atoms with E-state index in [1.807, 2.05) is 4.90 Å². The molecule has 1 aliphatic heterocycles. The summed E-state index contributed by atoms with van der Waals surface area (Å²) in [5.41, 5.74) is 0.561. The van der Waals surface area contributed by atoms with Crippen molar-refractivity contribution in [3.05, 3.63) is 24.3 Å². The van der Waals surface area contributed by atoms with Gasteiger partial charge in [-0.1, -0.05) is 24.6 Å². The zero-order valence-electron chi connectivity index (χ0n) is 13.2. The van der Waals surface area contributed by atoms with Gasteiger partial charge >= 0.3 is 0 Å². The highest BCUT2D eigenvalue weighted by Gasteiger charge is 2.38. The molecule has 0 unspecified atom stereocenters. The molecule has 0 aromatic heterocycles. The van der Waals surface area contributed by atoms with Crippen LogP contribution in [0.1, 0.15) is 32.1 Å². The molecule has 2 aliphatic rings. The van der Waals surface area contributed by atoms with Gasteiger partial charge in [-0.25, -0.2) is 0 Å². The second-order valence-corrected chi connectivity index (χ2v) is 7.34. The summed E-state index contributed by atoms with van der Waals surface area (Å²) in [7, 11) is 0. The van der Waals surface area contributed by atoms with Crippen molar-refractivity contribution in [1.82, 2.24) is 4.90 Å². The molecule has 1 aromatic carbocycles. The van der Waals surface area contributed by atoms with E-state index in [2.05, 4.69) is 5.32 Å². The number of rotatable bonds is 5. The molecule has 1 saturated heterocycles. The molecule has 24 heavy (non-hydrogen) atoms. The van der Waals surface area contributed by atoms with Crippen LogP contribution in [0.3, 0.4) is 0 Å². The molecule has 7 heteroatoms. The van der Waals surface area contributed by atoms with Crippen LogP contribution in [0.5, 0.6) is 0 Å². The van der Waals surface area contributed by atoms with Crippen LogP contribution in [0.4, 0.5) is 14.5 Å². The van der Waals surface area contributed by atoms with Crippen LogP contribution in [0.2, 0.25) is 0 Å². The molecule has 2 amide bonds. The van der Waals surface area contributed by atoms with Crippen molar-refractivity contribution in [2.24, 2.45) is 5.92 Å². The van der Waals surface area contributed by atoms with Crippen molar-refractivity contribution in [2.45, 2.75) is 48.8 Å². The van der Waals surface area contributed by atoms with E-state index in [9.17, 15) is 18.4 Å². The van der Waals surface area contributed by atoms with E-state index in [4.69, 9.17) is 0 Å². The van der Waals surface area contributed by atoms with E-state index in [-0.39, 0.29) is 24.2 Å². The molecule has 0 bridgehead atoms. The van der Waals surface area contributed by atoms with Crippen molar-refractivity contribution in [3.63, 3.8) is 0 Å². The number of nitrogens with zero attached hydrogens (tertiary/aromatic N) is 1. The predicted octanol–water partition coefficient (Wildman–Crippen LogP) is 3.73. The zero-order valence-corrected chi connectivity index (χ0v) is 14.0. The first-order valence-electron chi connectivity index (χ1n) is 8.18. The molecule has 0 radical (unpaired) electrons. The third kappa shape index (κ3) is 4.06. The Kier molecular flexibility index (Phi) is 5.38. The van der Waals surface area contributed by atoms with Gasteiger partial charge in [0.15, 0.2) is 0 Å². The van der Waals surface area contributed by atoms with E-state index in [1.165, 1.54) is 0 Å². The van der Waals surface area contributed by atoms with Gasteiger partial charge in [0.1, 0.15) is 0 Å². The lowest BCUT2D eigenvalue weighted by molar-refractivity contribution is -0.129. The fourth-order valence-electron chi connectivity index (χ4n) is 3.44. The Morgan fingerprint density at radius 3 is 2.50 bits per heavy atom. The molecule has 1 atom stereocenters. The van der Waals surface area contributed by atoms with Gasteiger partial charge in [-0.3, -0.25) is 9.59 Å². The topological polar surface area (TPSA) is 49.4 Å². The molecule has 3 rings (SSSR count). The van der Waals surface area contributed by atoms with Crippen LogP contribution in [0, 0.1) is 5.92 Å². The number of hydrogen-bond donors (Lipinski definition) is 1. The van der Waals surface area contributed by atoms with Gasteiger partial charge in [-0.15, -0.1) is 0 Å². The number of thioether (sulfide) groups is 1. The Morgan fingerprint density at radius 2 is 1.88 bits per heavy atom. The third-order valence-corrected chi connectivity index (χ3v) is 5.36. The summed E-state index contributed by atoms with van der Waals surface area (Å²) < 4.78 is 24.6. The van der Waals surface area contributed by atoms with Gasteiger partial charge in [-0.2, -0.15) is 8.78 Å². The normalized spacial score (nSPS) is 21.7.